The van der Waals surface area contributed by atoms with Gasteiger partial charge in [-0.25, -0.2) is 4.68 Å². The average molecular weight is 329 g/mol. The van der Waals surface area contributed by atoms with Crippen molar-refractivity contribution >= 4 is 0 Å². The summed E-state index contributed by atoms with van der Waals surface area (Å²) in [4.78, 5) is 0. The molecule has 4 nitrogen and oxygen atoms in total. The van der Waals surface area contributed by atoms with Crippen LogP contribution in [0.5, 0.6) is 0 Å². The molecule has 0 unspecified atom stereocenters. The third-order valence-corrected chi connectivity index (χ3v) is 4.26. The van der Waals surface area contributed by atoms with Crippen molar-refractivity contribution in [1.82, 2.24) is 14.9 Å². The second-order valence-corrected chi connectivity index (χ2v) is 6.05. The molecular formula is C21H19N3O. The van der Waals surface area contributed by atoms with E-state index in [2.05, 4.69) is 36.3 Å². The Kier molecular flexibility index (Phi) is 3.94. The van der Waals surface area contributed by atoms with Crippen LogP contribution in [0.3, 0.4) is 0 Å². The molecule has 4 aromatic rings. The summed E-state index contributed by atoms with van der Waals surface area (Å²) < 4.78 is 7.39. The number of nitrogens with zero attached hydrogens (tertiary/aromatic N) is 3. The van der Waals surface area contributed by atoms with Gasteiger partial charge in [-0.3, -0.25) is 0 Å². The van der Waals surface area contributed by atoms with E-state index in [0.717, 1.165) is 40.4 Å². The van der Waals surface area contributed by atoms with Crippen LogP contribution in [-0.4, -0.2) is 14.9 Å². The molecule has 2 aromatic heterocycles. The third-order valence-electron chi connectivity index (χ3n) is 4.26. The first-order valence-corrected chi connectivity index (χ1v) is 8.42. The normalized spacial score (nSPS) is 11.0. The summed E-state index contributed by atoms with van der Waals surface area (Å²) in [5.41, 5.74) is 6.07. The molecule has 0 saturated heterocycles. The highest BCUT2D eigenvalue weighted by Crippen LogP contribution is 2.32. The first-order valence-electron chi connectivity index (χ1n) is 8.42. The summed E-state index contributed by atoms with van der Waals surface area (Å²) in [7, 11) is 0. The molecule has 0 atom stereocenters. The van der Waals surface area contributed by atoms with Crippen LogP contribution in [0.15, 0.2) is 71.4 Å². The van der Waals surface area contributed by atoms with E-state index in [9.17, 15) is 0 Å². The van der Waals surface area contributed by atoms with Crippen molar-refractivity contribution in [2.24, 2.45) is 0 Å². The van der Waals surface area contributed by atoms with E-state index in [-0.39, 0.29) is 0 Å². The van der Waals surface area contributed by atoms with Gasteiger partial charge in [0.15, 0.2) is 5.76 Å². The van der Waals surface area contributed by atoms with Crippen molar-refractivity contribution < 1.29 is 4.52 Å². The van der Waals surface area contributed by atoms with Gasteiger partial charge in [0.1, 0.15) is 5.69 Å². The van der Waals surface area contributed by atoms with E-state index in [0.29, 0.717) is 0 Å². The fourth-order valence-corrected chi connectivity index (χ4v) is 2.87. The van der Waals surface area contributed by atoms with Crippen LogP contribution >= 0.6 is 0 Å². The minimum absolute atomic E-state index is 0.731. The van der Waals surface area contributed by atoms with Crippen LogP contribution in [0, 0.1) is 6.92 Å². The van der Waals surface area contributed by atoms with Gasteiger partial charge in [-0.2, -0.15) is 5.10 Å². The van der Waals surface area contributed by atoms with Gasteiger partial charge in [0.25, 0.3) is 0 Å². The molecule has 0 aliphatic rings. The number of para-hydroxylation sites is 1. The molecule has 2 heterocycles. The fraction of sp³-hybridized carbons (Fsp3) is 0.143. The molecule has 0 bridgehead atoms. The second kappa shape index (κ2) is 6.40. The Balaban J connectivity index is 1.87. The van der Waals surface area contributed by atoms with Crippen LogP contribution in [-0.2, 0) is 6.42 Å². The molecule has 2 aromatic carbocycles. The van der Waals surface area contributed by atoms with Crippen molar-refractivity contribution in [2.45, 2.75) is 20.3 Å². The standard InChI is InChI=1S/C21H19N3O/c1-3-16-9-11-17(12-10-16)21-19(20-13-15(2)23-25-20)14-24(22-21)18-7-5-4-6-8-18/h4-14H,3H2,1-2H3. The van der Waals surface area contributed by atoms with E-state index < -0.39 is 0 Å². The molecule has 25 heavy (non-hydrogen) atoms. The molecule has 0 spiro atoms. The summed E-state index contributed by atoms with van der Waals surface area (Å²) in [6.07, 6.45) is 3.02. The molecule has 4 heteroatoms. The predicted octanol–water partition coefficient (Wildman–Crippen LogP) is 5.07. The van der Waals surface area contributed by atoms with Gasteiger partial charge < -0.3 is 4.52 Å². The Morgan fingerprint density at radius 1 is 1.00 bits per heavy atom. The Labute approximate surface area is 146 Å². The molecule has 0 amide bonds. The lowest BCUT2D eigenvalue weighted by molar-refractivity contribution is 0.427. The highest BCUT2D eigenvalue weighted by atomic mass is 16.5. The summed E-state index contributed by atoms with van der Waals surface area (Å²) in [6.45, 7) is 4.08. The maximum absolute atomic E-state index is 5.50. The van der Waals surface area contributed by atoms with Crippen molar-refractivity contribution in [3.8, 4) is 28.3 Å². The lowest BCUT2D eigenvalue weighted by Gasteiger charge is -2.02. The van der Waals surface area contributed by atoms with Crippen molar-refractivity contribution in [3.05, 3.63) is 78.1 Å². The minimum atomic E-state index is 0.731. The fourth-order valence-electron chi connectivity index (χ4n) is 2.87. The number of aryl methyl sites for hydroxylation is 2. The van der Waals surface area contributed by atoms with E-state index in [4.69, 9.17) is 9.62 Å². The van der Waals surface area contributed by atoms with Crippen molar-refractivity contribution in [2.75, 3.05) is 0 Å². The molecule has 0 aliphatic carbocycles. The van der Waals surface area contributed by atoms with Gasteiger partial charge in [0.2, 0.25) is 0 Å². The minimum Gasteiger partial charge on any atom is -0.356 e. The summed E-state index contributed by atoms with van der Waals surface area (Å²) in [6, 6.07) is 20.5. The lowest BCUT2D eigenvalue weighted by Crippen LogP contribution is -1.94. The summed E-state index contributed by atoms with van der Waals surface area (Å²) in [5.74, 6) is 0.731. The molecule has 0 aliphatic heterocycles. The number of rotatable bonds is 4. The molecule has 0 N–H and O–H groups in total. The van der Waals surface area contributed by atoms with E-state index in [1.807, 2.05) is 54.2 Å². The molecular weight excluding hydrogens is 310 g/mol. The Hall–Kier alpha value is -3.14. The topological polar surface area (TPSA) is 43.9 Å². The van der Waals surface area contributed by atoms with Gasteiger partial charge in [0.05, 0.1) is 16.9 Å². The summed E-state index contributed by atoms with van der Waals surface area (Å²) in [5, 5.41) is 8.85. The third kappa shape index (κ3) is 2.98. The second-order valence-electron chi connectivity index (χ2n) is 6.05. The maximum Gasteiger partial charge on any atom is 0.170 e. The quantitative estimate of drug-likeness (QED) is 0.525. The molecule has 124 valence electrons. The van der Waals surface area contributed by atoms with Crippen LogP contribution < -0.4 is 0 Å². The number of aromatic nitrogens is 3. The highest BCUT2D eigenvalue weighted by Gasteiger charge is 2.17. The first-order chi connectivity index (χ1) is 12.2. The zero-order valence-electron chi connectivity index (χ0n) is 14.3. The molecule has 4 rings (SSSR count). The van der Waals surface area contributed by atoms with E-state index in [1.54, 1.807) is 0 Å². The van der Waals surface area contributed by atoms with Gasteiger partial charge in [-0.15, -0.1) is 0 Å². The first kappa shape index (κ1) is 15.4. The Bertz CT molecular complexity index is 982. The highest BCUT2D eigenvalue weighted by molar-refractivity contribution is 5.78. The van der Waals surface area contributed by atoms with Crippen LogP contribution in [0.2, 0.25) is 0 Å². The zero-order chi connectivity index (χ0) is 17.2. The van der Waals surface area contributed by atoms with Gasteiger partial charge in [-0.1, -0.05) is 54.5 Å². The summed E-state index contributed by atoms with van der Waals surface area (Å²) >= 11 is 0. The molecule has 0 radical (unpaired) electrons. The van der Waals surface area contributed by atoms with Crippen LogP contribution in [0.1, 0.15) is 18.2 Å². The monoisotopic (exact) mass is 329 g/mol. The largest absolute Gasteiger partial charge is 0.356 e. The van der Waals surface area contributed by atoms with Gasteiger partial charge in [-0.05, 0) is 31.0 Å². The average Bonchev–Trinajstić information content (AvgIpc) is 3.29. The molecule has 0 saturated carbocycles. The van der Waals surface area contributed by atoms with Crippen molar-refractivity contribution in [3.63, 3.8) is 0 Å². The maximum atomic E-state index is 5.50. The number of hydrogen-bond donors (Lipinski definition) is 0. The number of hydrogen-bond acceptors (Lipinski definition) is 3. The smallest absolute Gasteiger partial charge is 0.170 e. The van der Waals surface area contributed by atoms with E-state index in [1.165, 1.54) is 5.56 Å². The van der Waals surface area contributed by atoms with Crippen LogP contribution in [0.25, 0.3) is 28.3 Å². The van der Waals surface area contributed by atoms with Gasteiger partial charge >= 0.3 is 0 Å². The Morgan fingerprint density at radius 2 is 1.76 bits per heavy atom. The lowest BCUT2D eigenvalue weighted by atomic mass is 10.0. The Morgan fingerprint density at radius 3 is 2.40 bits per heavy atom. The van der Waals surface area contributed by atoms with Crippen molar-refractivity contribution in [1.29, 1.82) is 0 Å². The zero-order valence-corrected chi connectivity index (χ0v) is 14.3. The number of benzene rings is 2. The predicted molar refractivity (Wildman–Crippen MR) is 98.6 cm³/mol. The van der Waals surface area contributed by atoms with Gasteiger partial charge in [0, 0.05) is 17.8 Å². The van der Waals surface area contributed by atoms with Crippen LogP contribution in [0.4, 0.5) is 0 Å². The molecule has 0 fully saturated rings. The van der Waals surface area contributed by atoms with E-state index >= 15 is 0 Å². The SMILES string of the molecule is CCc1ccc(-c2nn(-c3ccccc3)cc2-c2cc(C)no2)cc1.